The SMILES string of the molecule is CCOc1ccc([C@@H]2C(S(=O)(=O)c3ccc(C)cc3)=C(O)C(=O)N2c2nc(C)c(C(=O)OC)s2)cc1OC. The van der Waals surface area contributed by atoms with Crippen molar-refractivity contribution in [3.63, 3.8) is 0 Å². The number of aliphatic hydroxyl groups is 1. The van der Waals surface area contributed by atoms with Crippen LogP contribution in [0.2, 0.25) is 0 Å². The number of hydrogen-bond donors (Lipinski definition) is 1. The summed E-state index contributed by atoms with van der Waals surface area (Å²) in [6.07, 6.45) is 0. The maximum atomic E-state index is 13.9. The molecular formula is C26H26N2O8S2. The summed E-state index contributed by atoms with van der Waals surface area (Å²) in [6.45, 7) is 5.55. The van der Waals surface area contributed by atoms with Crippen LogP contribution < -0.4 is 14.4 Å². The van der Waals surface area contributed by atoms with E-state index in [1.54, 1.807) is 44.2 Å². The van der Waals surface area contributed by atoms with Gasteiger partial charge in [0.05, 0.1) is 31.4 Å². The molecule has 1 amide bonds. The molecule has 10 nitrogen and oxygen atoms in total. The Balaban J connectivity index is 1.95. The fourth-order valence-corrected chi connectivity index (χ4v) is 6.73. The van der Waals surface area contributed by atoms with E-state index >= 15 is 0 Å². The zero-order valence-corrected chi connectivity index (χ0v) is 23.0. The molecular weight excluding hydrogens is 532 g/mol. The Kier molecular flexibility index (Phi) is 7.47. The molecule has 200 valence electrons. The third-order valence-electron chi connectivity index (χ3n) is 5.95. The highest BCUT2D eigenvalue weighted by molar-refractivity contribution is 7.95. The number of carbonyl (C=O) groups is 2. The third kappa shape index (κ3) is 4.61. The number of amides is 1. The molecule has 0 radical (unpaired) electrons. The average Bonchev–Trinajstić information content (AvgIpc) is 3.41. The lowest BCUT2D eigenvalue weighted by atomic mass is 10.1. The van der Waals surface area contributed by atoms with Crippen molar-refractivity contribution < 1.29 is 37.3 Å². The zero-order chi connectivity index (χ0) is 27.8. The van der Waals surface area contributed by atoms with Gasteiger partial charge in [0.1, 0.15) is 15.8 Å². The summed E-state index contributed by atoms with van der Waals surface area (Å²) in [5.74, 6) is -1.83. The van der Waals surface area contributed by atoms with Crippen molar-refractivity contribution in [2.24, 2.45) is 0 Å². The van der Waals surface area contributed by atoms with Gasteiger partial charge in [0.15, 0.2) is 22.4 Å². The number of anilines is 1. The zero-order valence-electron chi connectivity index (χ0n) is 21.3. The standard InChI is InChI=1S/C26H26N2O8S2/c1-6-36-18-12-9-16(13-19(18)34-4)20-23(38(32,33)17-10-7-14(2)8-11-17)21(29)24(30)28(20)26-27-15(3)22(37-26)25(31)35-5/h7-13,20,29H,6H2,1-5H3/t20-/m1/s1. The Hall–Kier alpha value is -3.90. The van der Waals surface area contributed by atoms with E-state index in [9.17, 15) is 23.1 Å². The molecule has 1 N–H and O–H groups in total. The highest BCUT2D eigenvalue weighted by Gasteiger charge is 2.49. The molecule has 38 heavy (non-hydrogen) atoms. The predicted octanol–water partition coefficient (Wildman–Crippen LogP) is 4.29. The van der Waals surface area contributed by atoms with E-state index < -0.39 is 38.4 Å². The summed E-state index contributed by atoms with van der Waals surface area (Å²) in [5.41, 5.74) is 1.45. The van der Waals surface area contributed by atoms with Crippen LogP contribution in [0.3, 0.4) is 0 Å². The molecule has 3 aromatic rings. The number of sulfone groups is 1. The number of ether oxygens (including phenoxy) is 3. The van der Waals surface area contributed by atoms with Crippen LogP contribution in [0, 0.1) is 13.8 Å². The van der Waals surface area contributed by atoms with Gasteiger partial charge in [-0.15, -0.1) is 0 Å². The second-order valence-corrected chi connectivity index (χ2v) is 11.2. The van der Waals surface area contributed by atoms with Crippen LogP contribution in [0.1, 0.15) is 39.5 Å². The van der Waals surface area contributed by atoms with Crippen molar-refractivity contribution in [1.82, 2.24) is 4.98 Å². The lowest BCUT2D eigenvalue weighted by molar-refractivity contribution is -0.117. The molecule has 1 aliphatic rings. The van der Waals surface area contributed by atoms with Gasteiger partial charge in [0.2, 0.25) is 9.84 Å². The molecule has 0 fully saturated rings. The van der Waals surface area contributed by atoms with Crippen molar-refractivity contribution in [2.75, 3.05) is 25.7 Å². The molecule has 0 spiro atoms. The van der Waals surface area contributed by atoms with Gasteiger partial charge in [-0.3, -0.25) is 9.69 Å². The van der Waals surface area contributed by atoms with Crippen LogP contribution in [0.4, 0.5) is 5.13 Å². The fraction of sp³-hybridized carbons (Fsp3) is 0.269. The number of esters is 1. The molecule has 0 saturated carbocycles. The first-order valence-electron chi connectivity index (χ1n) is 11.5. The molecule has 0 aliphatic carbocycles. The van der Waals surface area contributed by atoms with E-state index in [0.29, 0.717) is 29.4 Å². The maximum absolute atomic E-state index is 13.9. The van der Waals surface area contributed by atoms with Gasteiger partial charge < -0.3 is 19.3 Å². The number of rotatable bonds is 8. The number of aromatic nitrogens is 1. The van der Waals surface area contributed by atoms with Crippen molar-refractivity contribution >= 4 is 38.2 Å². The molecule has 1 aromatic heterocycles. The highest BCUT2D eigenvalue weighted by atomic mass is 32.2. The Morgan fingerprint density at radius 2 is 1.79 bits per heavy atom. The minimum absolute atomic E-state index is 0.0198. The summed E-state index contributed by atoms with van der Waals surface area (Å²) in [5, 5.41) is 11.0. The van der Waals surface area contributed by atoms with E-state index in [4.69, 9.17) is 14.2 Å². The first-order chi connectivity index (χ1) is 18.0. The molecule has 2 heterocycles. The molecule has 0 bridgehead atoms. The molecule has 2 aromatic carbocycles. The van der Waals surface area contributed by atoms with Gasteiger partial charge in [-0.05, 0) is 50.6 Å². The number of methoxy groups -OCH3 is 2. The maximum Gasteiger partial charge on any atom is 0.350 e. The van der Waals surface area contributed by atoms with Crippen LogP contribution >= 0.6 is 11.3 Å². The van der Waals surface area contributed by atoms with Gasteiger partial charge in [-0.25, -0.2) is 18.2 Å². The molecule has 1 aliphatic heterocycles. The van der Waals surface area contributed by atoms with Crippen LogP contribution in [0.25, 0.3) is 0 Å². The number of hydrogen-bond acceptors (Lipinski definition) is 10. The van der Waals surface area contributed by atoms with E-state index in [1.165, 1.54) is 26.4 Å². The monoisotopic (exact) mass is 558 g/mol. The van der Waals surface area contributed by atoms with Gasteiger partial charge >= 0.3 is 5.97 Å². The number of benzene rings is 2. The summed E-state index contributed by atoms with van der Waals surface area (Å²) < 4.78 is 43.6. The Morgan fingerprint density at radius 3 is 2.39 bits per heavy atom. The largest absolute Gasteiger partial charge is 0.502 e. The first kappa shape index (κ1) is 27.1. The van der Waals surface area contributed by atoms with Crippen LogP contribution in [0.5, 0.6) is 11.5 Å². The number of aliphatic hydroxyl groups excluding tert-OH is 1. The van der Waals surface area contributed by atoms with Gasteiger partial charge in [0.25, 0.3) is 5.91 Å². The fourth-order valence-electron chi connectivity index (χ4n) is 4.10. The number of carbonyl (C=O) groups excluding carboxylic acids is 2. The smallest absolute Gasteiger partial charge is 0.350 e. The van der Waals surface area contributed by atoms with Crippen LogP contribution in [0.15, 0.2) is 58.0 Å². The van der Waals surface area contributed by atoms with E-state index in [0.717, 1.165) is 21.8 Å². The first-order valence-corrected chi connectivity index (χ1v) is 13.8. The lowest BCUT2D eigenvalue weighted by Gasteiger charge is -2.25. The predicted molar refractivity (Wildman–Crippen MR) is 141 cm³/mol. The summed E-state index contributed by atoms with van der Waals surface area (Å²) in [7, 11) is -1.71. The number of aryl methyl sites for hydroxylation is 2. The minimum Gasteiger partial charge on any atom is -0.502 e. The second kappa shape index (κ2) is 10.5. The quantitative estimate of drug-likeness (QED) is 0.402. The van der Waals surface area contributed by atoms with Crippen molar-refractivity contribution in [3.05, 3.63) is 74.8 Å². The lowest BCUT2D eigenvalue weighted by Crippen LogP contribution is -2.31. The molecule has 12 heteroatoms. The van der Waals surface area contributed by atoms with Crippen LogP contribution in [-0.4, -0.2) is 51.2 Å². The van der Waals surface area contributed by atoms with Gasteiger partial charge in [-0.1, -0.05) is 35.1 Å². The molecule has 4 rings (SSSR count). The summed E-state index contributed by atoms with van der Waals surface area (Å²) >= 11 is 0.856. The Labute approximate surface area is 224 Å². The van der Waals surface area contributed by atoms with Gasteiger partial charge in [0, 0.05) is 0 Å². The number of thiazole rings is 1. The van der Waals surface area contributed by atoms with Crippen LogP contribution in [-0.2, 0) is 19.4 Å². The Morgan fingerprint density at radius 1 is 1.11 bits per heavy atom. The topological polar surface area (TPSA) is 132 Å². The Bertz CT molecular complexity index is 1540. The molecule has 0 saturated heterocycles. The average molecular weight is 559 g/mol. The second-order valence-electron chi connectivity index (χ2n) is 8.35. The van der Waals surface area contributed by atoms with Crippen molar-refractivity contribution in [1.29, 1.82) is 0 Å². The third-order valence-corrected chi connectivity index (χ3v) is 8.97. The molecule has 1 atom stereocenters. The van der Waals surface area contributed by atoms with Crippen molar-refractivity contribution in [2.45, 2.75) is 31.7 Å². The van der Waals surface area contributed by atoms with E-state index in [1.807, 2.05) is 6.92 Å². The van der Waals surface area contributed by atoms with E-state index in [-0.39, 0.29) is 14.9 Å². The summed E-state index contributed by atoms with van der Waals surface area (Å²) in [4.78, 5) is 30.7. The van der Waals surface area contributed by atoms with Crippen molar-refractivity contribution in [3.8, 4) is 11.5 Å². The van der Waals surface area contributed by atoms with E-state index in [2.05, 4.69) is 4.98 Å². The summed E-state index contributed by atoms with van der Waals surface area (Å²) in [6, 6.07) is 9.49. The normalized spacial score (nSPS) is 15.7. The molecule has 0 unspecified atom stereocenters. The van der Waals surface area contributed by atoms with Gasteiger partial charge in [-0.2, -0.15) is 0 Å². The highest BCUT2D eigenvalue weighted by Crippen LogP contribution is 2.47. The number of nitrogens with zero attached hydrogens (tertiary/aromatic N) is 2. The minimum atomic E-state index is -4.36.